The van der Waals surface area contributed by atoms with Gasteiger partial charge in [0.2, 0.25) is 0 Å². The van der Waals surface area contributed by atoms with E-state index < -0.39 is 0 Å². The van der Waals surface area contributed by atoms with Gasteiger partial charge in [-0.2, -0.15) is 0 Å². The molecule has 0 spiro atoms. The standard InChI is InChI=1S/C8H19N2O/c1-6-9(3)8(11)10(4,5)7-2/h6-7H2,1-5H3/q+1. The fourth-order valence-electron chi connectivity index (χ4n) is 0.733. The van der Waals surface area contributed by atoms with Crippen molar-refractivity contribution in [3.05, 3.63) is 0 Å². The van der Waals surface area contributed by atoms with E-state index in [1.807, 2.05) is 35.0 Å². The minimum atomic E-state index is 0.176. The number of hydrogen-bond donors (Lipinski definition) is 0. The molecule has 0 unspecified atom stereocenters. The number of amides is 2. The topological polar surface area (TPSA) is 20.3 Å². The van der Waals surface area contributed by atoms with Gasteiger partial charge < -0.3 is 0 Å². The second-order valence-electron chi connectivity index (χ2n) is 3.30. The number of hydrogen-bond acceptors (Lipinski definition) is 1. The number of quaternary nitrogens is 1. The Kier molecular flexibility index (Phi) is 3.52. The van der Waals surface area contributed by atoms with Crippen LogP contribution in [-0.2, 0) is 0 Å². The van der Waals surface area contributed by atoms with Crippen molar-refractivity contribution >= 4 is 6.03 Å². The van der Waals surface area contributed by atoms with Crippen molar-refractivity contribution in [3.63, 3.8) is 0 Å². The third kappa shape index (κ3) is 2.50. The van der Waals surface area contributed by atoms with Crippen LogP contribution in [-0.4, -0.2) is 49.6 Å². The molecule has 0 atom stereocenters. The highest BCUT2D eigenvalue weighted by Gasteiger charge is 2.26. The summed E-state index contributed by atoms with van der Waals surface area (Å²) in [6.07, 6.45) is 0. The molecule has 2 amide bonds. The van der Waals surface area contributed by atoms with Gasteiger partial charge in [0.05, 0.1) is 20.6 Å². The van der Waals surface area contributed by atoms with Gasteiger partial charge in [0, 0.05) is 13.6 Å². The lowest BCUT2D eigenvalue weighted by atomic mass is 10.5. The zero-order chi connectivity index (χ0) is 9.07. The predicted octanol–water partition coefficient (Wildman–Crippen LogP) is 1.15. The van der Waals surface area contributed by atoms with Gasteiger partial charge in [-0.05, 0) is 13.8 Å². The Balaban J connectivity index is 4.23. The predicted molar refractivity (Wildman–Crippen MR) is 46.3 cm³/mol. The Morgan fingerprint density at radius 1 is 1.36 bits per heavy atom. The molecule has 3 nitrogen and oxygen atoms in total. The summed E-state index contributed by atoms with van der Waals surface area (Å²) >= 11 is 0. The van der Waals surface area contributed by atoms with Crippen molar-refractivity contribution in [1.82, 2.24) is 4.90 Å². The van der Waals surface area contributed by atoms with Gasteiger partial charge in [-0.3, -0.25) is 4.90 Å². The monoisotopic (exact) mass is 159 g/mol. The third-order valence-electron chi connectivity index (χ3n) is 2.11. The van der Waals surface area contributed by atoms with Crippen LogP contribution in [0.25, 0.3) is 0 Å². The minimum absolute atomic E-state index is 0.176. The van der Waals surface area contributed by atoms with E-state index in [0.717, 1.165) is 13.1 Å². The molecular formula is C8H19N2O+. The molecule has 0 saturated carbocycles. The van der Waals surface area contributed by atoms with Crippen molar-refractivity contribution in [2.24, 2.45) is 0 Å². The molecular weight excluding hydrogens is 140 g/mol. The molecule has 0 saturated heterocycles. The van der Waals surface area contributed by atoms with Crippen LogP contribution in [0.2, 0.25) is 0 Å². The average molecular weight is 159 g/mol. The van der Waals surface area contributed by atoms with Gasteiger partial charge in [0.25, 0.3) is 0 Å². The van der Waals surface area contributed by atoms with Crippen LogP contribution in [0.15, 0.2) is 0 Å². The molecule has 0 N–H and O–H groups in total. The van der Waals surface area contributed by atoms with Gasteiger partial charge in [-0.25, -0.2) is 9.28 Å². The molecule has 0 aliphatic rings. The summed E-state index contributed by atoms with van der Waals surface area (Å²) in [4.78, 5) is 13.3. The highest BCUT2D eigenvalue weighted by Crippen LogP contribution is 2.02. The molecule has 66 valence electrons. The molecule has 0 fully saturated rings. The maximum absolute atomic E-state index is 11.5. The normalized spacial score (nSPS) is 11.4. The molecule has 0 rings (SSSR count). The average Bonchev–Trinajstić information content (AvgIpc) is 2.01. The fourth-order valence-corrected chi connectivity index (χ4v) is 0.733. The van der Waals surface area contributed by atoms with Gasteiger partial charge in [0.15, 0.2) is 0 Å². The van der Waals surface area contributed by atoms with Crippen LogP contribution >= 0.6 is 0 Å². The third-order valence-corrected chi connectivity index (χ3v) is 2.11. The lowest BCUT2D eigenvalue weighted by Gasteiger charge is -2.28. The largest absolute Gasteiger partial charge is 0.418 e. The number of urea groups is 1. The highest BCUT2D eigenvalue weighted by atomic mass is 16.2. The van der Waals surface area contributed by atoms with Crippen LogP contribution in [0.3, 0.4) is 0 Å². The minimum Gasteiger partial charge on any atom is -0.296 e. The zero-order valence-corrected chi connectivity index (χ0v) is 8.22. The Morgan fingerprint density at radius 2 is 1.82 bits per heavy atom. The molecule has 0 aromatic rings. The number of nitrogens with zero attached hydrogens (tertiary/aromatic N) is 2. The van der Waals surface area contributed by atoms with E-state index in [-0.39, 0.29) is 6.03 Å². The quantitative estimate of drug-likeness (QED) is 0.554. The molecule has 0 bridgehead atoms. The van der Waals surface area contributed by atoms with Crippen molar-refractivity contribution in [2.75, 3.05) is 34.2 Å². The van der Waals surface area contributed by atoms with Crippen LogP contribution < -0.4 is 0 Å². The van der Waals surface area contributed by atoms with Crippen molar-refractivity contribution in [1.29, 1.82) is 0 Å². The second kappa shape index (κ2) is 3.72. The summed E-state index contributed by atoms with van der Waals surface area (Å²) in [6.45, 7) is 5.61. The smallest absolute Gasteiger partial charge is 0.296 e. The number of carbonyl (C=O) groups is 1. The Morgan fingerprint density at radius 3 is 2.09 bits per heavy atom. The highest BCUT2D eigenvalue weighted by molar-refractivity contribution is 5.66. The lowest BCUT2D eigenvalue weighted by molar-refractivity contribution is -0.810. The van der Waals surface area contributed by atoms with Gasteiger partial charge in [0.1, 0.15) is 0 Å². The lowest BCUT2D eigenvalue weighted by Crippen LogP contribution is -2.51. The van der Waals surface area contributed by atoms with E-state index in [4.69, 9.17) is 0 Å². The van der Waals surface area contributed by atoms with E-state index >= 15 is 0 Å². The molecule has 0 aromatic heterocycles. The molecule has 0 heterocycles. The van der Waals surface area contributed by atoms with Crippen molar-refractivity contribution < 1.29 is 9.28 Å². The van der Waals surface area contributed by atoms with Crippen LogP contribution in [0.1, 0.15) is 13.8 Å². The maximum Gasteiger partial charge on any atom is 0.418 e. The van der Waals surface area contributed by atoms with E-state index in [1.54, 1.807) is 4.90 Å². The SMILES string of the molecule is CCN(C)C(=O)[N+](C)(C)CC. The first-order valence-electron chi connectivity index (χ1n) is 4.04. The molecule has 0 aliphatic carbocycles. The Labute approximate surface area is 69.2 Å². The first-order chi connectivity index (χ1) is 4.95. The van der Waals surface area contributed by atoms with E-state index in [2.05, 4.69) is 0 Å². The molecule has 0 aliphatic heterocycles. The van der Waals surface area contributed by atoms with E-state index in [1.165, 1.54) is 0 Å². The molecule has 0 aromatic carbocycles. The van der Waals surface area contributed by atoms with Crippen LogP contribution in [0.4, 0.5) is 4.79 Å². The van der Waals surface area contributed by atoms with Gasteiger partial charge >= 0.3 is 6.03 Å². The van der Waals surface area contributed by atoms with E-state index in [0.29, 0.717) is 4.48 Å². The maximum atomic E-state index is 11.5. The summed E-state index contributed by atoms with van der Waals surface area (Å²) in [7, 11) is 5.68. The summed E-state index contributed by atoms with van der Waals surface area (Å²) in [5.41, 5.74) is 0. The molecule has 3 heteroatoms. The second-order valence-corrected chi connectivity index (χ2v) is 3.30. The Bertz CT molecular complexity index is 143. The summed E-state index contributed by atoms with van der Waals surface area (Å²) in [5, 5.41) is 0. The van der Waals surface area contributed by atoms with Crippen molar-refractivity contribution in [3.8, 4) is 0 Å². The number of carbonyl (C=O) groups excluding carboxylic acids is 1. The van der Waals surface area contributed by atoms with E-state index in [9.17, 15) is 4.79 Å². The zero-order valence-electron chi connectivity index (χ0n) is 8.22. The Hall–Kier alpha value is -0.570. The van der Waals surface area contributed by atoms with Crippen LogP contribution in [0.5, 0.6) is 0 Å². The summed E-state index contributed by atoms with van der Waals surface area (Å²) in [6, 6.07) is 0.176. The van der Waals surface area contributed by atoms with Crippen LogP contribution in [0, 0.1) is 0 Å². The van der Waals surface area contributed by atoms with Gasteiger partial charge in [-0.15, -0.1) is 0 Å². The molecule has 0 radical (unpaired) electrons. The number of rotatable bonds is 2. The van der Waals surface area contributed by atoms with Crippen molar-refractivity contribution in [2.45, 2.75) is 13.8 Å². The summed E-state index contributed by atoms with van der Waals surface area (Å²) < 4.78 is 0.435. The van der Waals surface area contributed by atoms with Gasteiger partial charge in [-0.1, -0.05) is 0 Å². The fraction of sp³-hybridized carbons (Fsp3) is 0.875. The molecule has 11 heavy (non-hydrogen) atoms. The first-order valence-corrected chi connectivity index (χ1v) is 4.04. The summed E-state index contributed by atoms with van der Waals surface area (Å²) in [5.74, 6) is 0. The first kappa shape index (κ1) is 10.4.